The van der Waals surface area contributed by atoms with Gasteiger partial charge in [-0.05, 0) is 25.8 Å². The maximum atomic E-state index is 12.3. The molecule has 0 saturated carbocycles. The number of nitrogen functional groups attached to an aromatic ring is 1. The van der Waals surface area contributed by atoms with Gasteiger partial charge in [0.2, 0.25) is 0 Å². The van der Waals surface area contributed by atoms with E-state index in [9.17, 15) is 4.79 Å². The topological polar surface area (TPSA) is 51.3 Å². The lowest BCUT2D eigenvalue weighted by Gasteiger charge is -2.28. The van der Waals surface area contributed by atoms with Crippen molar-refractivity contribution in [1.29, 1.82) is 0 Å². The zero-order valence-corrected chi connectivity index (χ0v) is 11.4. The number of hydrogen-bond acceptors (Lipinski definition) is 2. The van der Waals surface area contributed by atoms with Gasteiger partial charge in [0.1, 0.15) is 5.69 Å². The third-order valence-corrected chi connectivity index (χ3v) is 3.37. The Balaban J connectivity index is 2.95. The number of amides is 1. The van der Waals surface area contributed by atoms with Crippen molar-refractivity contribution in [2.24, 2.45) is 5.92 Å². The fraction of sp³-hybridized carbons (Fsp3) is 0.615. The molecular weight excluding hydrogens is 214 g/mol. The van der Waals surface area contributed by atoms with Gasteiger partial charge >= 0.3 is 0 Å². The molecule has 0 radical (unpaired) electrons. The molecule has 0 aromatic carbocycles. The largest absolute Gasteiger partial charge is 0.397 e. The third kappa shape index (κ3) is 2.81. The Labute approximate surface area is 103 Å². The van der Waals surface area contributed by atoms with Gasteiger partial charge in [-0.25, -0.2) is 0 Å². The molecule has 1 unspecified atom stereocenters. The molecular formula is C13H23N3O. The Morgan fingerprint density at radius 2 is 2.06 bits per heavy atom. The molecule has 0 saturated heterocycles. The maximum Gasteiger partial charge on any atom is 0.270 e. The van der Waals surface area contributed by atoms with Crippen LogP contribution >= 0.6 is 0 Å². The molecule has 1 aromatic rings. The standard InChI is InChI=1S/C13H23N3O/c1-6-16-8-11(14)7-12(16)13(17)15(5)10(4)9(2)3/h7-10H,6,14H2,1-5H3. The normalized spacial score (nSPS) is 12.8. The van der Waals surface area contributed by atoms with Gasteiger partial charge in [0, 0.05) is 25.8 Å². The molecule has 1 rings (SSSR count). The molecule has 0 aliphatic heterocycles. The van der Waals surface area contributed by atoms with Gasteiger partial charge in [0.05, 0.1) is 5.69 Å². The van der Waals surface area contributed by atoms with Crippen LogP contribution in [0.2, 0.25) is 0 Å². The summed E-state index contributed by atoms with van der Waals surface area (Å²) in [6.45, 7) is 9.04. The second kappa shape index (κ2) is 5.25. The Hall–Kier alpha value is -1.45. The van der Waals surface area contributed by atoms with Crippen molar-refractivity contribution >= 4 is 11.6 Å². The molecule has 1 heterocycles. The second-order valence-corrected chi connectivity index (χ2v) is 4.85. The zero-order valence-electron chi connectivity index (χ0n) is 11.4. The van der Waals surface area contributed by atoms with Gasteiger partial charge in [0.15, 0.2) is 0 Å². The molecule has 0 bridgehead atoms. The molecule has 0 aliphatic carbocycles. The number of nitrogens with zero attached hydrogens (tertiary/aromatic N) is 2. The number of aryl methyl sites for hydroxylation is 1. The SMILES string of the molecule is CCn1cc(N)cc1C(=O)N(C)C(C)C(C)C. The first-order chi connectivity index (χ1) is 7.88. The Morgan fingerprint density at radius 1 is 1.47 bits per heavy atom. The summed E-state index contributed by atoms with van der Waals surface area (Å²) in [5.41, 5.74) is 7.04. The molecule has 2 N–H and O–H groups in total. The molecule has 1 atom stereocenters. The molecule has 4 heteroatoms. The molecule has 0 spiro atoms. The number of rotatable bonds is 4. The summed E-state index contributed by atoms with van der Waals surface area (Å²) in [6, 6.07) is 1.96. The minimum Gasteiger partial charge on any atom is -0.397 e. The van der Waals surface area contributed by atoms with E-state index in [0.29, 0.717) is 17.3 Å². The number of nitrogens with two attached hydrogens (primary N) is 1. The number of carbonyl (C=O) groups excluding carboxylic acids is 1. The molecule has 4 nitrogen and oxygen atoms in total. The van der Waals surface area contributed by atoms with Crippen molar-refractivity contribution in [2.75, 3.05) is 12.8 Å². The summed E-state index contributed by atoms with van der Waals surface area (Å²) in [5, 5.41) is 0. The van der Waals surface area contributed by atoms with Crippen molar-refractivity contribution in [2.45, 2.75) is 40.3 Å². The highest BCUT2D eigenvalue weighted by atomic mass is 16.2. The summed E-state index contributed by atoms with van der Waals surface area (Å²) in [7, 11) is 1.84. The van der Waals surface area contributed by atoms with Crippen molar-refractivity contribution in [3.05, 3.63) is 18.0 Å². The van der Waals surface area contributed by atoms with Crippen LogP contribution in [0.5, 0.6) is 0 Å². The van der Waals surface area contributed by atoms with Crippen LogP contribution in [-0.2, 0) is 6.54 Å². The fourth-order valence-electron chi connectivity index (χ4n) is 1.79. The predicted octanol–water partition coefficient (Wildman–Crippen LogP) is 2.21. The van der Waals surface area contributed by atoms with Gasteiger partial charge < -0.3 is 15.2 Å². The number of anilines is 1. The van der Waals surface area contributed by atoms with Gasteiger partial charge in [-0.3, -0.25) is 4.79 Å². The fourth-order valence-corrected chi connectivity index (χ4v) is 1.79. The lowest BCUT2D eigenvalue weighted by Crippen LogP contribution is -2.39. The van der Waals surface area contributed by atoms with E-state index in [-0.39, 0.29) is 11.9 Å². The summed E-state index contributed by atoms with van der Waals surface area (Å²) in [4.78, 5) is 14.1. The van der Waals surface area contributed by atoms with E-state index < -0.39 is 0 Å². The third-order valence-electron chi connectivity index (χ3n) is 3.37. The second-order valence-electron chi connectivity index (χ2n) is 4.85. The summed E-state index contributed by atoms with van der Waals surface area (Å²) >= 11 is 0. The van der Waals surface area contributed by atoms with Crippen molar-refractivity contribution in [3.63, 3.8) is 0 Å². The minimum atomic E-state index is 0.0322. The quantitative estimate of drug-likeness (QED) is 0.873. The van der Waals surface area contributed by atoms with Gasteiger partial charge in [-0.15, -0.1) is 0 Å². The van der Waals surface area contributed by atoms with E-state index >= 15 is 0 Å². The number of hydrogen-bond donors (Lipinski definition) is 1. The van der Waals surface area contributed by atoms with E-state index in [1.54, 1.807) is 17.2 Å². The van der Waals surface area contributed by atoms with Crippen LogP contribution in [-0.4, -0.2) is 28.5 Å². The maximum absolute atomic E-state index is 12.3. The first-order valence-electron chi connectivity index (χ1n) is 6.11. The van der Waals surface area contributed by atoms with Crippen LogP contribution < -0.4 is 5.73 Å². The van der Waals surface area contributed by atoms with E-state index in [2.05, 4.69) is 20.8 Å². The highest BCUT2D eigenvalue weighted by molar-refractivity contribution is 5.93. The molecule has 17 heavy (non-hydrogen) atoms. The van der Waals surface area contributed by atoms with Crippen LogP contribution in [0.4, 0.5) is 5.69 Å². The highest BCUT2D eigenvalue weighted by Gasteiger charge is 2.22. The van der Waals surface area contributed by atoms with E-state index in [4.69, 9.17) is 5.73 Å². The number of aromatic nitrogens is 1. The first kappa shape index (κ1) is 13.6. The molecule has 0 fully saturated rings. The lowest BCUT2D eigenvalue weighted by atomic mass is 10.1. The molecule has 96 valence electrons. The van der Waals surface area contributed by atoms with E-state index in [1.807, 2.05) is 18.5 Å². The average Bonchev–Trinajstić information content (AvgIpc) is 2.67. The van der Waals surface area contributed by atoms with Crippen molar-refractivity contribution < 1.29 is 4.79 Å². The molecule has 0 aliphatic rings. The summed E-state index contributed by atoms with van der Waals surface area (Å²) in [5.74, 6) is 0.469. The molecule has 1 amide bonds. The van der Waals surface area contributed by atoms with Crippen LogP contribution in [0.3, 0.4) is 0 Å². The van der Waals surface area contributed by atoms with Crippen LogP contribution in [0, 0.1) is 5.92 Å². The summed E-state index contributed by atoms with van der Waals surface area (Å²) < 4.78 is 1.89. The van der Waals surface area contributed by atoms with Crippen LogP contribution in [0.1, 0.15) is 38.2 Å². The highest BCUT2D eigenvalue weighted by Crippen LogP contribution is 2.16. The number of carbonyl (C=O) groups is 1. The lowest BCUT2D eigenvalue weighted by molar-refractivity contribution is 0.0696. The van der Waals surface area contributed by atoms with Gasteiger partial charge in [0.25, 0.3) is 5.91 Å². The van der Waals surface area contributed by atoms with Crippen molar-refractivity contribution in [3.8, 4) is 0 Å². The summed E-state index contributed by atoms with van der Waals surface area (Å²) in [6.07, 6.45) is 1.81. The molecule has 1 aromatic heterocycles. The minimum absolute atomic E-state index is 0.0322. The van der Waals surface area contributed by atoms with Gasteiger partial charge in [-0.1, -0.05) is 13.8 Å². The predicted molar refractivity (Wildman–Crippen MR) is 70.9 cm³/mol. The zero-order chi connectivity index (χ0) is 13.2. The van der Waals surface area contributed by atoms with E-state index in [1.165, 1.54) is 0 Å². The average molecular weight is 237 g/mol. The van der Waals surface area contributed by atoms with Gasteiger partial charge in [-0.2, -0.15) is 0 Å². The van der Waals surface area contributed by atoms with Crippen LogP contribution in [0.15, 0.2) is 12.3 Å². The van der Waals surface area contributed by atoms with Crippen LogP contribution in [0.25, 0.3) is 0 Å². The first-order valence-corrected chi connectivity index (χ1v) is 6.11. The van der Waals surface area contributed by atoms with E-state index in [0.717, 1.165) is 6.54 Å². The Kier molecular flexibility index (Phi) is 4.21. The van der Waals surface area contributed by atoms with Crippen molar-refractivity contribution in [1.82, 2.24) is 9.47 Å². The smallest absolute Gasteiger partial charge is 0.270 e. The Morgan fingerprint density at radius 3 is 2.53 bits per heavy atom. The monoisotopic (exact) mass is 237 g/mol. The Bertz CT molecular complexity index is 395.